The average Bonchev–Trinajstić information content (AvgIpc) is 3.11. The van der Waals surface area contributed by atoms with Crippen molar-refractivity contribution >= 4 is 34.4 Å². The van der Waals surface area contributed by atoms with Crippen LogP contribution in [0.1, 0.15) is 79.3 Å². The number of methoxy groups -OCH3 is 1. The number of aromatic nitrogens is 2. The molecule has 0 radical (unpaired) electrons. The molecule has 1 saturated heterocycles. The number of ether oxygens (including phenoxy) is 1. The van der Waals surface area contributed by atoms with E-state index in [1.807, 2.05) is 55.3 Å². The van der Waals surface area contributed by atoms with Crippen LogP contribution in [0.4, 0.5) is 11.8 Å². The number of nitrogens with one attached hydrogen (secondary N) is 2. The number of carbonyl (C=O) groups excluding carboxylic acids is 2. The number of nitrogens with zero attached hydrogens (tertiary/aromatic N) is 4. The molecule has 10 nitrogen and oxygen atoms in total. The molecule has 0 bridgehead atoms. The molecule has 2 aromatic carbocycles. The summed E-state index contributed by atoms with van der Waals surface area (Å²) < 4.78 is 16.7. The van der Waals surface area contributed by atoms with Gasteiger partial charge in [0, 0.05) is 66.4 Å². The molecule has 3 aromatic rings. The molecule has 1 aliphatic rings. The van der Waals surface area contributed by atoms with Crippen LogP contribution in [0.25, 0.3) is 0 Å². The second-order valence-electron chi connectivity index (χ2n) is 12.9. The minimum atomic E-state index is -1.00. The maximum absolute atomic E-state index is 14.0. The Balaban J connectivity index is 1.46. The molecule has 1 fully saturated rings. The standard InChI is InChI=1S/C38H54N6O4S/c1-6-7-8-21-40-37-34(28(2)41-38(39-3)42-37)12-10-23-44(25-30-15-13-29(14-16-30)24-36(46)48-4)35(45)27-43-22-9-11-32(26-43)31-17-19-33(20-18-31)49(5)47/h13-20,32H,6-12,21-27H2,1-5H3,(H2,39,40,41,42). The van der Waals surface area contributed by atoms with Crippen LogP contribution in [0.3, 0.4) is 0 Å². The maximum atomic E-state index is 14.0. The van der Waals surface area contributed by atoms with E-state index in [1.165, 1.54) is 12.7 Å². The fraction of sp³-hybridized carbons (Fsp3) is 0.526. The Hall–Kier alpha value is -3.83. The lowest BCUT2D eigenvalue weighted by Crippen LogP contribution is -2.44. The smallest absolute Gasteiger partial charge is 0.309 e. The summed E-state index contributed by atoms with van der Waals surface area (Å²) in [4.78, 5) is 40.3. The van der Waals surface area contributed by atoms with Gasteiger partial charge in [-0.05, 0) is 80.3 Å². The Morgan fingerprint density at radius 1 is 1.04 bits per heavy atom. The van der Waals surface area contributed by atoms with Crippen molar-refractivity contribution < 1.29 is 18.5 Å². The summed E-state index contributed by atoms with van der Waals surface area (Å²) in [5.74, 6) is 1.63. The molecule has 1 aromatic heterocycles. The third-order valence-corrected chi connectivity index (χ3v) is 10.2. The van der Waals surface area contributed by atoms with Crippen molar-refractivity contribution in [3.63, 3.8) is 0 Å². The van der Waals surface area contributed by atoms with Crippen LogP contribution in [0.5, 0.6) is 0 Å². The second-order valence-corrected chi connectivity index (χ2v) is 14.3. The zero-order chi connectivity index (χ0) is 35.2. The van der Waals surface area contributed by atoms with Gasteiger partial charge >= 0.3 is 5.97 Å². The van der Waals surface area contributed by atoms with Gasteiger partial charge in [0.15, 0.2) is 0 Å². The molecule has 0 saturated carbocycles. The van der Waals surface area contributed by atoms with E-state index in [2.05, 4.69) is 39.6 Å². The first-order valence-corrected chi connectivity index (χ1v) is 19.1. The lowest BCUT2D eigenvalue weighted by Gasteiger charge is -2.34. The molecular formula is C38H54N6O4S. The number of hydrogen-bond donors (Lipinski definition) is 2. The SMILES string of the molecule is CCCCCNc1nc(NC)nc(C)c1CCCN(Cc1ccc(CC(=O)OC)cc1)C(=O)CN1CCCC(c2ccc(S(C)=O)cc2)C1. The fourth-order valence-corrected chi connectivity index (χ4v) is 6.91. The molecular weight excluding hydrogens is 637 g/mol. The van der Waals surface area contributed by atoms with E-state index in [0.29, 0.717) is 31.5 Å². The van der Waals surface area contributed by atoms with Crippen molar-refractivity contribution in [2.75, 3.05) is 63.8 Å². The van der Waals surface area contributed by atoms with Crippen molar-refractivity contribution in [1.82, 2.24) is 19.8 Å². The van der Waals surface area contributed by atoms with E-state index >= 15 is 0 Å². The predicted molar refractivity (Wildman–Crippen MR) is 197 cm³/mol. The zero-order valence-electron chi connectivity index (χ0n) is 29.9. The molecule has 2 heterocycles. The van der Waals surface area contributed by atoms with Crippen LogP contribution in [0, 0.1) is 6.92 Å². The Labute approximate surface area is 294 Å². The minimum Gasteiger partial charge on any atom is -0.469 e. The van der Waals surface area contributed by atoms with Gasteiger partial charge in [-0.2, -0.15) is 4.98 Å². The lowest BCUT2D eigenvalue weighted by molar-refractivity contribution is -0.139. The molecule has 2 N–H and O–H groups in total. The van der Waals surface area contributed by atoms with Gasteiger partial charge in [0.05, 0.1) is 20.1 Å². The van der Waals surface area contributed by atoms with Crippen molar-refractivity contribution in [3.8, 4) is 0 Å². The van der Waals surface area contributed by atoms with Crippen LogP contribution in [0.2, 0.25) is 0 Å². The summed E-state index contributed by atoms with van der Waals surface area (Å²) >= 11 is 0. The Morgan fingerprint density at radius 3 is 2.45 bits per heavy atom. The zero-order valence-corrected chi connectivity index (χ0v) is 30.7. The third-order valence-electron chi connectivity index (χ3n) is 9.24. The number of benzene rings is 2. The van der Waals surface area contributed by atoms with E-state index in [9.17, 15) is 13.8 Å². The van der Waals surface area contributed by atoms with Crippen molar-refractivity contribution in [1.29, 1.82) is 0 Å². The van der Waals surface area contributed by atoms with Gasteiger partial charge in [-0.25, -0.2) is 4.98 Å². The van der Waals surface area contributed by atoms with E-state index in [0.717, 1.165) is 97.7 Å². The fourth-order valence-electron chi connectivity index (χ4n) is 6.39. The molecule has 1 aliphatic heterocycles. The third kappa shape index (κ3) is 11.6. The number of esters is 1. The molecule has 0 aliphatic carbocycles. The first-order chi connectivity index (χ1) is 23.7. The number of rotatable bonds is 18. The average molecular weight is 691 g/mol. The molecule has 0 spiro atoms. The molecule has 4 rings (SSSR count). The van der Waals surface area contributed by atoms with Gasteiger partial charge in [0.2, 0.25) is 11.9 Å². The highest BCUT2D eigenvalue weighted by atomic mass is 32.2. The number of hydrogen-bond acceptors (Lipinski definition) is 9. The van der Waals surface area contributed by atoms with Gasteiger partial charge in [-0.15, -0.1) is 0 Å². The number of aryl methyl sites for hydroxylation is 1. The van der Waals surface area contributed by atoms with Crippen molar-refractivity contribution in [2.45, 2.75) is 82.6 Å². The van der Waals surface area contributed by atoms with Gasteiger partial charge < -0.3 is 20.3 Å². The van der Waals surface area contributed by atoms with Crippen LogP contribution >= 0.6 is 0 Å². The van der Waals surface area contributed by atoms with Crippen molar-refractivity contribution in [2.24, 2.45) is 0 Å². The van der Waals surface area contributed by atoms with Crippen LogP contribution in [-0.2, 0) is 44.5 Å². The summed E-state index contributed by atoms with van der Waals surface area (Å²) in [5.41, 5.74) is 5.16. The normalized spacial score (nSPS) is 15.4. The van der Waals surface area contributed by atoms with Crippen LogP contribution in [0.15, 0.2) is 53.4 Å². The van der Waals surface area contributed by atoms with Gasteiger partial charge in [-0.3, -0.25) is 18.7 Å². The van der Waals surface area contributed by atoms with Gasteiger partial charge in [0.25, 0.3) is 0 Å². The summed E-state index contributed by atoms with van der Waals surface area (Å²) in [6.07, 6.45) is 8.94. The quantitative estimate of drug-likeness (QED) is 0.128. The summed E-state index contributed by atoms with van der Waals surface area (Å²) in [5, 5.41) is 6.61. The number of unbranched alkanes of at least 4 members (excludes halogenated alkanes) is 2. The lowest BCUT2D eigenvalue weighted by atomic mass is 9.90. The Kier molecular flexibility index (Phi) is 15.0. The second kappa shape index (κ2) is 19.4. The highest BCUT2D eigenvalue weighted by molar-refractivity contribution is 7.84. The number of amides is 1. The molecule has 266 valence electrons. The molecule has 11 heteroatoms. The molecule has 2 atom stereocenters. The monoisotopic (exact) mass is 690 g/mol. The highest BCUT2D eigenvalue weighted by Gasteiger charge is 2.25. The predicted octanol–water partition coefficient (Wildman–Crippen LogP) is 5.72. The summed E-state index contributed by atoms with van der Waals surface area (Å²) in [6.45, 7) is 8.22. The number of likely N-dealkylation sites (tertiary alicyclic amines) is 1. The van der Waals surface area contributed by atoms with E-state index < -0.39 is 10.8 Å². The number of piperidine rings is 1. The number of carbonyl (C=O) groups is 2. The maximum Gasteiger partial charge on any atom is 0.309 e. The Morgan fingerprint density at radius 2 is 1.78 bits per heavy atom. The van der Waals surface area contributed by atoms with Crippen molar-refractivity contribution in [3.05, 3.63) is 76.5 Å². The van der Waals surface area contributed by atoms with E-state index in [4.69, 9.17) is 9.72 Å². The summed E-state index contributed by atoms with van der Waals surface area (Å²) in [6, 6.07) is 16.0. The van der Waals surface area contributed by atoms with Gasteiger partial charge in [-0.1, -0.05) is 56.2 Å². The van der Waals surface area contributed by atoms with Crippen LogP contribution < -0.4 is 10.6 Å². The minimum absolute atomic E-state index is 0.104. The summed E-state index contributed by atoms with van der Waals surface area (Å²) in [7, 11) is 2.22. The topological polar surface area (TPSA) is 117 Å². The Bertz CT molecular complexity index is 1530. The van der Waals surface area contributed by atoms with E-state index in [-0.39, 0.29) is 18.3 Å². The largest absolute Gasteiger partial charge is 0.469 e. The first-order valence-electron chi connectivity index (χ1n) is 17.6. The molecule has 49 heavy (non-hydrogen) atoms. The molecule has 2 unspecified atom stereocenters. The molecule has 1 amide bonds. The number of anilines is 2. The van der Waals surface area contributed by atoms with Crippen LogP contribution in [-0.4, -0.2) is 89.0 Å². The highest BCUT2D eigenvalue weighted by Crippen LogP contribution is 2.28. The van der Waals surface area contributed by atoms with E-state index in [1.54, 1.807) is 6.26 Å². The van der Waals surface area contributed by atoms with Gasteiger partial charge in [0.1, 0.15) is 5.82 Å². The first kappa shape index (κ1) is 38.0.